The molecule has 0 atom stereocenters. The first-order valence-electron chi connectivity index (χ1n) is 8.90. The molecular weight excluding hydrogens is 408 g/mol. The van der Waals surface area contributed by atoms with Gasteiger partial charge >= 0.3 is 0 Å². The number of carbonyl (C=O) groups is 2. The second kappa shape index (κ2) is 8.22. The van der Waals surface area contributed by atoms with Crippen molar-refractivity contribution in [2.75, 3.05) is 10.6 Å². The van der Waals surface area contributed by atoms with E-state index < -0.39 is 11.8 Å². The van der Waals surface area contributed by atoms with Gasteiger partial charge in [0.15, 0.2) is 5.76 Å². The van der Waals surface area contributed by atoms with E-state index in [9.17, 15) is 14.4 Å². The Morgan fingerprint density at radius 2 is 1.87 bits per heavy atom. The van der Waals surface area contributed by atoms with E-state index in [0.717, 1.165) is 4.68 Å². The summed E-state index contributed by atoms with van der Waals surface area (Å²) in [5, 5.41) is 10.9. The number of rotatable bonds is 5. The van der Waals surface area contributed by atoms with Crippen LogP contribution in [0.2, 0.25) is 5.02 Å². The molecule has 0 saturated carbocycles. The third kappa shape index (κ3) is 4.08. The summed E-state index contributed by atoms with van der Waals surface area (Å²) in [6.07, 6.45) is 2.91. The number of hydrogen-bond donors (Lipinski definition) is 2. The molecule has 4 aromatic rings. The number of hydrogen-bond acceptors (Lipinski definition) is 5. The number of nitrogens with zero attached hydrogens (tertiary/aromatic N) is 2. The van der Waals surface area contributed by atoms with Gasteiger partial charge in [0.25, 0.3) is 11.5 Å². The highest BCUT2D eigenvalue weighted by Gasteiger charge is 2.15. The fourth-order valence-corrected chi connectivity index (χ4v) is 3.06. The first-order valence-corrected chi connectivity index (χ1v) is 9.28. The number of fused-ring (bicyclic) bond motifs is 1. The summed E-state index contributed by atoms with van der Waals surface area (Å²) in [5.74, 6) is -0.875. The van der Waals surface area contributed by atoms with Crippen LogP contribution in [-0.4, -0.2) is 21.6 Å². The van der Waals surface area contributed by atoms with Crippen molar-refractivity contribution in [2.45, 2.75) is 6.54 Å². The molecule has 0 aliphatic carbocycles. The number of benzene rings is 2. The molecule has 8 nitrogen and oxygen atoms in total. The average Bonchev–Trinajstić information content (AvgIpc) is 3.27. The number of carbonyl (C=O) groups excluding carboxylic acids is 2. The van der Waals surface area contributed by atoms with E-state index in [1.54, 1.807) is 42.5 Å². The van der Waals surface area contributed by atoms with E-state index >= 15 is 0 Å². The Morgan fingerprint density at radius 3 is 2.67 bits per heavy atom. The van der Waals surface area contributed by atoms with Crippen molar-refractivity contribution in [1.82, 2.24) is 9.78 Å². The zero-order chi connectivity index (χ0) is 21.1. The minimum atomic E-state index is -0.495. The van der Waals surface area contributed by atoms with E-state index in [1.807, 2.05) is 0 Å². The normalized spacial score (nSPS) is 10.7. The van der Waals surface area contributed by atoms with Gasteiger partial charge < -0.3 is 15.1 Å². The largest absolute Gasteiger partial charge is 0.459 e. The lowest BCUT2D eigenvalue weighted by Crippen LogP contribution is -2.29. The lowest BCUT2D eigenvalue weighted by atomic mass is 10.2. The van der Waals surface area contributed by atoms with Gasteiger partial charge in [0.2, 0.25) is 5.91 Å². The van der Waals surface area contributed by atoms with Crippen LogP contribution in [0.15, 0.2) is 76.3 Å². The summed E-state index contributed by atoms with van der Waals surface area (Å²) in [6.45, 7) is -0.294. The van der Waals surface area contributed by atoms with Crippen molar-refractivity contribution in [3.8, 4) is 0 Å². The van der Waals surface area contributed by atoms with Gasteiger partial charge in [-0.1, -0.05) is 29.8 Å². The van der Waals surface area contributed by atoms with Crippen LogP contribution in [0.5, 0.6) is 0 Å². The quantitative estimate of drug-likeness (QED) is 0.511. The predicted molar refractivity (Wildman–Crippen MR) is 113 cm³/mol. The van der Waals surface area contributed by atoms with Crippen LogP contribution in [0.25, 0.3) is 10.8 Å². The summed E-state index contributed by atoms with van der Waals surface area (Å²) in [6, 6.07) is 14.7. The molecule has 9 heteroatoms. The molecule has 0 saturated heterocycles. The van der Waals surface area contributed by atoms with Crippen molar-refractivity contribution in [1.29, 1.82) is 0 Å². The van der Waals surface area contributed by atoms with E-state index in [-0.39, 0.29) is 23.6 Å². The molecule has 0 bridgehead atoms. The Labute approximate surface area is 175 Å². The molecule has 0 radical (unpaired) electrons. The van der Waals surface area contributed by atoms with Gasteiger partial charge in [-0.05, 0) is 36.4 Å². The van der Waals surface area contributed by atoms with Crippen molar-refractivity contribution >= 4 is 45.6 Å². The molecule has 0 aliphatic rings. The molecule has 4 rings (SSSR count). The molecule has 30 heavy (non-hydrogen) atoms. The van der Waals surface area contributed by atoms with Crippen LogP contribution in [-0.2, 0) is 11.3 Å². The van der Waals surface area contributed by atoms with Crippen molar-refractivity contribution in [3.63, 3.8) is 0 Å². The minimum Gasteiger partial charge on any atom is -0.459 e. The van der Waals surface area contributed by atoms with E-state index in [0.29, 0.717) is 21.5 Å². The molecule has 2 amide bonds. The highest BCUT2D eigenvalue weighted by atomic mass is 35.5. The van der Waals surface area contributed by atoms with Crippen LogP contribution in [0.1, 0.15) is 10.6 Å². The van der Waals surface area contributed by atoms with Gasteiger partial charge in [0.1, 0.15) is 6.54 Å². The highest BCUT2D eigenvalue weighted by molar-refractivity contribution is 6.31. The molecule has 2 aromatic carbocycles. The van der Waals surface area contributed by atoms with Crippen molar-refractivity contribution in [3.05, 3.63) is 88.2 Å². The Kier molecular flexibility index (Phi) is 5.32. The lowest BCUT2D eigenvalue weighted by molar-refractivity contribution is -0.117. The van der Waals surface area contributed by atoms with E-state index in [1.165, 1.54) is 24.6 Å². The number of amides is 2. The zero-order valence-corrected chi connectivity index (χ0v) is 16.2. The summed E-state index contributed by atoms with van der Waals surface area (Å²) in [7, 11) is 0. The monoisotopic (exact) mass is 422 g/mol. The second-order valence-corrected chi connectivity index (χ2v) is 6.80. The molecule has 150 valence electrons. The molecule has 0 unspecified atom stereocenters. The topological polar surface area (TPSA) is 106 Å². The molecule has 0 spiro atoms. The maximum atomic E-state index is 12.5. The molecule has 2 heterocycles. The SMILES string of the molecule is O=C(Cn1ncc2ccccc2c1=O)Nc1ccc(Cl)cc1NC(=O)c1ccco1. The number of aromatic nitrogens is 2. The fraction of sp³-hybridized carbons (Fsp3) is 0.0476. The Bertz CT molecular complexity index is 1300. The van der Waals surface area contributed by atoms with Gasteiger partial charge in [-0.2, -0.15) is 5.10 Å². The van der Waals surface area contributed by atoms with Crippen LogP contribution >= 0.6 is 11.6 Å². The standard InChI is InChI=1S/C21H15ClN4O4/c22-14-7-8-16(17(10-14)25-20(28)18-6-3-9-30-18)24-19(27)12-26-21(29)15-5-2-1-4-13(15)11-23-26/h1-11H,12H2,(H,24,27)(H,25,28). The van der Waals surface area contributed by atoms with Gasteiger partial charge in [-0.15, -0.1) is 0 Å². The second-order valence-electron chi connectivity index (χ2n) is 6.36. The van der Waals surface area contributed by atoms with Crippen LogP contribution in [0.4, 0.5) is 11.4 Å². The number of anilines is 2. The van der Waals surface area contributed by atoms with Gasteiger partial charge in [-0.3, -0.25) is 14.4 Å². The van der Waals surface area contributed by atoms with Crippen molar-refractivity contribution < 1.29 is 14.0 Å². The van der Waals surface area contributed by atoms with Crippen LogP contribution < -0.4 is 16.2 Å². The molecule has 2 aromatic heterocycles. The average molecular weight is 423 g/mol. The third-order valence-electron chi connectivity index (χ3n) is 4.30. The predicted octanol–water partition coefficient (Wildman–Crippen LogP) is 3.53. The summed E-state index contributed by atoms with van der Waals surface area (Å²) >= 11 is 6.02. The van der Waals surface area contributed by atoms with Crippen molar-refractivity contribution in [2.24, 2.45) is 0 Å². The Morgan fingerprint density at radius 1 is 1.03 bits per heavy atom. The Hall–Kier alpha value is -3.91. The smallest absolute Gasteiger partial charge is 0.291 e. The zero-order valence-electron chi connectivity index (χ0n) is 15.5. The molecule has 0 fully saturated rings. The molecule has 2 N–H and O–H groups in total. The first kappa shape index (κ1) is 19.4. The number of nitrogens with one attached hydrogen (secondary N) is 2. The maximum Gasteiger partial charge on any atom is 0.291 e. The van der Waals surface area contributed by atoms with E-state index in [2.05, 4.69) is 15.7 Å². The van der Waals surface area contributed by atoms with Gasteiger partial charge in [0.05, 0.1) is 29.2 Å². The highest BCUT2D eigenvalue weighted by Crippen LogP contribution is 2.26. The maximum absolute atomic E-state index is 12.5. The summed E-state index contributed by atoms with van der Waals surface area (Å²) in [5.41, 5.74) is 0.236. The van der Waals surface area contributed by atoms with Gasteiger partial charge in [-0.25, -0.2) is 4.68 Å². The van der Waals surface area contributed by atoms with Gasteiger partial charge in [0, 0.05) is 10.4 Å². The number of halogens is 1. The lowest BCUT2D eigenvalue weighted by Gasteiger charge is -2.13. The van der Waals surface area contributed by atoms with E-state index in [4.69, 9.17) is 16.0 Å². The van der Waals surface area contributed by atoms with Crippen LogP contribution in [0, 0.1) is 0 Å². The Balaban J connectivity index is 1.54. The van der Waals surface area contributed by atoms with Crippen LogP contribution in [0.3, 0.4) is 0 Å². The summed E-state index contributed by atoms with van der Waals surface area (Å²) < 4.78 is 6.15. The third-order valence-corrected chi connectivity index (χ3v) is 4.54. The molecule has 0 aliphatic heterocycles. The molecular formula is C21H15ClN4O4. The fourth-order valence-electron chi connectivity index (χ4n) is 2.89. The first-order chi connectivity index (χ1) is 14.5. The number of furan rings is 1. The minimum absolute atomic E-state index is 0.110. The summed E-state index contributed by atoms with van der Waals surface area (Å²) in [4.78, 5) is 37.4.